The number of ether oxygens (including phenoxy) is 2. The molecule has 1 aliphatic carbocycles. The molecule has 3 atom stereocenters. The summed E-state index contributed by atoms with van der Waals surface area (Å²) in [5.41, 5.74) is -4.41. The Hall–Kier alpha value is -3.22. The monoisotopic (exact) mass is 700 g/mol. The Morgan fingerprint density at radius 3 is 2.26 bits per heavy atom. The van der Waals surface area contributed by atoms with Crippen LogP contribution in [0.4, 0.5) is 51.0 Å². The number of benzene rings is 1. The van der Waals surface area contributed by atoms with Gasteiger partial charge >= 0.3 is 12.2 Å². The average Bonchev–Trinajstić information content (AvgIpc) is 3.55. The first-order chi connectivity index (χ1) is 21.7. The molecule has 3 rings (SSSR count). The Morgan fingerprint density at radius 2 is 1.77 bits per heavy atom. The Balaban J connectivity index is 2.42. The lowest BCUT2D eigenvalue weighted by Gasteiger charge is -2.25. The molecule has 262 valence electrons. The van der Waals surface area contributed by atoms with Crippen LogP contribution in [-0.4, -0.2) is 40.8 Å². The topological polar surface area (TPSA) is 82.3 Å². The highest BCUT2D eigenvalue weighted by Crippen LogP contribution is 2.62. The lowest BCUT2D eigenvalue weighted by Crippen LogP contribution is -2.39. The van der Waals surface area contributed by atoms with Gasteiger partial charge in [-0.15, -0.1) is 0 Å². The van der Waals surface area contributed by atoms with E-state index in [1.165, 1.54) is 23.1 Å². The van der Waals surface area contributed by atoms with Crippen LogP contribution in [0.1, 0.15) is 76.5 Å². The van der Waals surface area contributed by atoms with Crippen molar-refractivity contribution in [1.29, 1.82) is 0 Å². The predicted octanol–water partition coefficient (Wildman–Crippen LogP) is 7.73. The number of hydrogen-bond acceptors (Lipinski definition) is 6. The number of hydrogen-bond donors (Lipinski definition) is 2. The molecule has 0 saturated heterocycles. The number of halogens is 9. The number of aromatic nitrogens is 2. The molecule has 0 aliphatic heterocycles. The van der Waals surface area contributed by atoms with Crippen molar-refractivity contribution < 1.29 is 49.0 Å². The molecule has 3 N–H and O–H groups in total. The van der Waals surface area contributed by atoms with Gasteiger partial charge < -0.3 is 20.5 Å². The van der Waals surface area contributed by atoms with Crippen LogP contribution in [0.2, 0.25) is 0 Å². The van der Waals surface area contributed by atoms with Gasteiger partial charge in [0.15, 0.2) is 11.9 Å². The van der Waals surface area contributed by atoms with Gasteiger partial charge in [-0.1, -0.05) is 43.0 Å². The van der Waals surface area contributed by atoms with Crippen LogP contribution in [0.3, 0.4) is 0 Å². The molecule has 2 aromatic rings. The van der Waals surface area contributed by atoms with Crippen LogP contribution in [0, 0.1) is 18.2 Å². The third-order valence-electron chi connectivity index (χ3n) is 8.06. The largest absolute Gasteiger partial charge is 0.488 e. The van der Waals surface area contributed by atoms with E-state index in [2.05, 4.69) is 21.9 Å². The lowest BCUT2D eigenvalue weighted by atomic mass is 9.94. The fourth-order valence-electron chi connectivity index (χ4n) is 5.14. The van der Waals surface area contributed by atoms with Gasteiger partial charge in [0.2, 0.25) is 0 Å². The summed E-state index contributed by atoms with van der Waals surface area (Å²) < 4.78 is 142. The zero-order valence-electron chi connectivity index (χ0n) is 26.6. The summed E-state index contributed by atoms with van der Waals surface area (Å²) >= 11 is 0. The SMILES string of the molecule is C=C(/C(F)=c1/nc(OCC2(CC)CC2(F)F)nc(NCCC)/c1=C(/C)OC(CCC)C(F)(F)P)c1cc(N)c(F)c(C)c1C(F)(F)F. The van der Waals surface area contributed by atoms with Gasteiger partial charge in [-0.05, 0) is 50.3 Å². The Labute approximate surface area is 268 Å². The highest BCUT2D eigenvalue weighted by molar-refractivity contribution is 7.18. The molecule has 0 bridgehead atoms. The average molecular weight is 701 g/mol. The first-order valence-corrected chi connectivity index (χ1v) is 15.4. The molecule has 0 amide bonds. The fourth-order valence-corrected chi connectivity index (χ4v) is 5.38. The maximum atomic E-state index is 16.6. The van der Waals surface area contributed by atoms with Gasteiger partial charge in [0, 0.05) is 18.5 Å². The zero-order valence-corrected chi connectivity index (χ0v) is 27.7. The van der Waals surface area contributed by atoms with E-state index in [0.29, 0.717) is 12.5 Å². The smallest absolute Gasteiger partial charge is 0.417 e. The number of anilines is 2. The highest BCUT2D eigenvalue weighted by Gasteiger charge is 2.70. The van der Waals surface area contributed by atoms with Gasteiger partial charge in [0.1, 0.15) is 29.4 Å². The third kappa shape index (κ3) is 8.09. The predicted molar refractivity (Wildman–Crippen MR) is 165 cm³/mol. The molecule has 6 nitrogen and oxygen atoms in total. The molecule has 0 radical (unpaired) electrons. The number of rotatable bonds is 14. The van der Waals surface area contributed by atoms with Gasteiger partial charge in [-0.2, -0.15) is 31.9 Å². The minimum Gasteiger partial charge on any atom is -0.488 e. The zero-order chi connectivity index (χ0) is 35.7. The summed E-state index contributed by atoms with van der Waals surface area (Å²) in [5, 5.41) is 1.72. The van der Waals surface area contributed by atoms with E-state index in [1.807, 2.05) is 0 Å². The molecule has 3 unspecified atom stereocenters. The third-order valence-corrected chi connectivity index (χ3v) is 8.43. The van der Waals surface area contributed by atoms with E-state index < -0.39 is 93.3 Å². The van der Waals surface area contributed by atoms with Crippen molar-refractivity contribution in [2.45, 2.75) is 90.6 Å². The van der Waals surface area contributed by atoms with E-state index in [0.717, 1.165) is 6.92 Å². The number of alkyl halides is 7. The summed E-state index contributed by atoms with van der Waals surface area (Å²) in [4.78, 5) is 8.21. The number of nitrogen functional groups attached to an aromatic ring is 1. The highest BCUT2D eigenvalue weighted by atomic mass is 31.0. The van der Waals surface area contributed by atoms with Crippen LogP contribution in [0.25, 0.3) is 17.2 Å². The molecule has 16 heteroatoms. The van der Waals surface area contributed by atoms with Crippen molar-refractivity contribution in [1.82, 2.24) is 9.97 Å². The van der Waals surface area contributed by atoms with Crippen LogP contribution in [0.15, 0.2) is 12.6 Å². The van der Waals surface area contributed by atoms with Crippen molar-refractivity contribution in [3.63, 3.8) is 0 Å². The molecule has 1 aromatic heterocycles. The fraction of sp³-hybridized carbons (Fsp3) is 0.548. The summed E-state index contributed by atoms with van der Waals surface area (Å²) in [6, 6.07) is -0.0537. The second-order valence-corrected chi connectivity index (χ2v) is 12.3. The standard InChI is InChI=1S/C31H38F9N4O2P/c1-7-10-20(31(39,40)47)46-17(6)21-25(24(33)15(4)18-12-19(41)23(32)16(5)22(18)30(36,37)38)43-27(44-26(21)42-11-8-2)45-14-28(9-3)13-29(28,34)35/h12,20H,4,7-11,13-14,41,47H2,1-3,5-6H3,(H,42,43,44)/b21-17-,25-24-. The minimum atomic E-state index is -5.18. The number of nitrogens with one attached hydrogen (secondary N) is 1. The van der Waals surface area contributed by atoms with Crippen molar-refractivity contribution in [2.75, 3.05) is 24.2 Å². The quantitative estimate of drug-likeness (QED) is 0.119. The van der Waals surface area contributed by atoms with E-state index in [9.17, 15) is 35.1 Å². The van der Waals surface area contributed by atoms with Crippen LogP contribution in [0.5, 0.6) is 6.01 Å². The normalized spacial score (nSPS) is 19.6. The minimum absolute atomic E-state index is 0.0253. The molecule has 1 aromatic carbocycles. The second kappa shape index (κ2) is 14.1. The number of allylic oxidation sites excluding steroid dienone is 1. The maximum Gasteiger partial charge on any atom is 0.417 e. The lowest BCUT2D eigenvalue weighted by molar-refractivity contribution is -0.138. The Morgan fingerprint density at radius 1 is 1.15 bits per heavy atom. The number of nitrogens with zero attached hydrogens (tertiary/aromatic N) is 2. The summed E-state index contributed by atoms with van der Waals surface area (Å²) in [5.74, 6) is -6.48. The maximum absolute atomic E-state index is 16.6. The molecule has 1 aliphatic rings. The Kier molecular flexibility index (Phi) is 11.5. The van der Waals surface area contributed by atoms with E-state index >= 15 is 4.39 Å². The summed E-state index contributed by atoms with van der Waals surface area (Å²) in [7, 11) is 1.37. The summed E-state index contributed by atoms with van der Waals surface area (Å²) in [6.45, 7) is 10.0. The first kappa shape index (κ1) is 38.2. The van der Waals surface area contributed by atoms with Gasteiger partial charge in [-0.25, -0.2) is 17.6 Å². The molecule has 47 heavy (non-hydrogen) atoms. The van der Waals surface area contributed by atoms with E-state index in [1.54, 1.807) is 13.8 Å². The molecule has 1 saturated carbocycles. The first-order valence-electron chi connectivity index (χ1n) is 14.9. The van der Waals surface area contributed by atoms with Crippen LogP contribution >= 0.6 is 9.24 Å². The molecular formula is C31H38F9N4O2P. The molecule has 1 heterocycles. The van der Waals surface area contributed by atoms with Crippen molar-refractivity contribution in [3.8, 4) is 6.01 Å². The second-order valence-electron chi connectivity index (χ2n) is 11.6. The van der Waals surface area contributed by atoms with E-state index in [4.69, 9.17) is 15.2 Å². The van der Waals surface area contributed by atoms with Gasteiger partial charge in [0.05, 0.1) is 21.9 Å². The van der Waals surface area contributed by atoms with Crippen molar-refractivity contribution in [2.24, 2.45) is 5.41 Å². The van der Waals surface area contributed by atoms with E-state index in [-0.39, 0.29) is 42.6 Å². The van der Waals surface area contributed by atoms with Crippen molar-refractivity contribution >= 4 is 37.9 Å². The molecular weight excluding hydrogens is 662 g/mol. The van der Waals surface area contributed by atoms with Crippen LogP contribution in [-0.2, 0) is 10.9 Å². The van der Waals surface area contributed by atoms with Gasteiger partial charge in [0.25, 0.3) is 11.6 Å². The van der Waals surface area contributed by atoms with Gasteiger partial charge in [-0.3, -0.25) is 0 Å². The summed E-state index contributed by atoms with van der Waals surface area (Å²) in [6.07, 6.45) is -6.76. The van der Waals surface area contributed by atoms with Crippen molar-refractivity contribution in [3.05, 3.63) is 45.7 Å². The Bertz CT molecular complexity index is 1630. The molecule has 1 fully saturated rings. The van der Waals surface area contributed by atoms with Crippen LogP contribution < -0.4 is 26.4 Å². The molecule has 0 spiro atoms. The number of nitrogens with two attached hydrogens (primary N) is 1.